The summed E-state index contributed by atoms with van der Waals surface area (Å²) in [7, 11) is 2.35. The van der Waals surface area contributed by atoms with E-state index in [4.69, 9.17) is 5.11 Å². The van der Waals surface area contributed by atoms with Gasteiger partial charge in [0, 0.05) is 18.8 Å². The van der Waals surface area contributed by atoms with Gasteiger partial charge in [-0.15, -0.1) is 0 Å². The van der Waals surface area contributed by atoms with Gasteiger partial charge in [0.1, 0.15) is 0 Å². The quantitative estimate of drug-likeness (QED) is 0.774. The third kappa shape index (κ3) is 2.32. The molecule has 1 unspecified atom stereocenters. The average molecular weight is 238 g/mol. The van der Waals surface area contributed by atoms with Gasteiger partial charge in [-0.3, -0.25) is 4.68 Å². The zero-order valence-corrected chi connectivity index (χ0v) is 8.45. The Balaban J connectivity index is 3.18. The number of esters is 1. The lowest BCUT2D eigenvalue weighted by Crippen LogP contribution is -2.22. The number of rotatable bonds is 2. The smallest absolute Gasteiger partial charge is 0.418 e. The molecule has 0 aliphatic rings. The molecule has 1 aromatic rings. The summed E-state index contributed by atoms with van der Waals surface area (Å²) in [6.45, 7) is 0. The highest BCUT2D eigenvalue weighted by atomic mass is 19.4. The molecule has 90 valence electrons. The van der Waals surface area contributed by atoms with Crippen LogP contribution in [-0.4, -0.2) is 34.1 Å². The van der Waals surface area contributed by atoms with E-state index >= 15 is 0 Å². The first-order valence-electron chi connectivity index (χ1n) is 4.14. The minimum absolute atomic E-state index is 0.546. The van der Waals surface area contributed by atoms with Crippen molar-refractivity contribution >= 4 is 5.97 Å². The van der Waals surface area contributed by atoms with E-state index in [1.54, 1.807) is 0 Å². The van der Waals surface area contributed by atoms with E-state index in [2.05, 4.69) is 9.84 Å². The Kier molecular flexibility index (Phi) is 3.22. The number of halogens is 3. The van der Waals surface area contributed by atoms with Gasteiger partial charge in [-0.1, -0.05) is 0 Å². The van der Waals surface area contributed by atoms with Gasteiger partial charge in [-0.25, -0.2) is 4.79 Å². The Hall–Kier alpha value is -1.57. The summed E-state index contributed by atoms with van der Waals surface area (Å²) in [6, 6.07) is 0. The van der Waals surface area contributed by atoms with Gasteiger partial charge in [-0.2, -0.15) is 18.3 Å². The van der Waals surface area contributed by atoms with Crippen LogP contribution in [0.5, 0.6) is 0 Å². The van der Waals surface area contributed by atoms with Crippen LogP contribution in [0.15, 0.2) is 6.20 Å². The molecule has 0 bridgehead atoms. The van der Waals surface area contributed by atoms with Crippen LogP contribution in [0.1, 0.15) is 22.2 Å². The van der Waals surface area contributed by atoms with Crippen molar-refractivity contribution < 1.29 is 27.8 Å². The predicted octanol–water partition coefficient (Wildman–Crippen LogP) is 0.802. The zero-order valence-electron chi connectivity index (χ0n) is 8.45. The number of alkyl halides is 3. The summed E-state index contributed by atoms with van der Waals surface area (Å²) < 4.78 is 42.0. The highest BCUT2D eigenvalue weighted by molar-refractivity contribution is 5.88. The van der Waals surface area contributed by atoms with Crippen LogP contribution in [0.4, 0.5) is 13.2 Å². The van der Waals surface area contributed by atoms with E-state index in [1.807, 2.05) is 0 Å². The lowest BCUT2D eigenvalue weighted by atomic mass is 10.1. The standard InChI is InChI=1S/C8H9F3N2O3/c1-13-3-4(6(14)8(9,10)11)5(12-13)7(15)16-2/h3,6,14H,1-2H3. The third-order valence-corrected chi connectivity index (χ3v) is 1.84. The van der Waals surface area contributed by atoms with Gasteiger partial charge in [0.2, 0.25) is 0 Å². The number of methoxy groups -OCH3 is 1. The molecular weight excluding hydrogens is 229 g/mol. The monoisotopic (exact) mass is 238 g/mol. The molecule has 8 heteroatoms. The number of carbonyl (C=O) groups is 1. The summed E-state index contributed by atoms with van der Waals surface area (Å²) in [5, 5.41) is 12.5. The minimum atomic E-state index is -4.86. The highest BCUT2D eigenvalue weighted by Crippen LogP contribution is 2.33. The fourth-order valence-electron chi connectivity index (χ4n) is 1.14. The molecule has 0 fully saturated rings. The summed E-state index contributed by atoms with van der Waals surface area (Å²) in [5.74, 6) is -1.03. The summed E-state index contributed by atoms with van der Waals surface area (Å²) >= 11 is 0. The van der Waals surface area contributed by atoms with Crippen molar-refractivity contribution in [3.63, 3.8) is 0 Å². The first-order chi connectivity index (χ1) is 7.27. The van der Waals surface area contributed by atoms with Crippen LogP contribution in [0, 0.1) is 0 Å². The van der Waals surface area contributed by atoms with Gasteiger partial charge in [0.25, 0.3) is 0 Å². The summed E-state index contributed by atoms with van der Waals surface area (Å²) in [5.41, 5.74) is -1.17. The van der Waals surface area contributed by atoms with Crippen molar-refractivity contribution in [3.8, 4) is 0 Å². The maximum atomic E-state index is 12.3. The highest BCUT2D eigenvalue weighted by Gasteiger charge is 2.42. The van der Waals surface area contributed by atoms with Crippen molar-refractivity contribution in [3.05, 3.63) is 17.5 Å². The molecule has 1 N–H and O–H groups in total. The molecule has 1 atom stereocenters. The molecule has 0 saturated heterocycles. The Labute approximate surface area is 88.4 Å². The molecule has 0 aromatic carbocycles. The minimum Gasteiger partial charge on any atom is -0.464 e. The predicted molar refractivity (Wildman–Crippen MR) is 45.6 cm³/mol. The van der Waals surface area contributed by atoms with Gasteiger partial charge in [0.15, 0.2) is 11.8 Å². The molecule has 0 saturated carbocycles. The third-order valence-electron chi connectivity index (χ3n) is 1.84. The molecule has 0 aliphatic heterocycles. The molecule has 1 heterocycles. The molecule has 0 radical (unpaired) electrons. The first kappa shape index (κ1) is 12.5. The maximum absolute atomic E-state index is 12.3. The van der Waals surface area contributed by atoms with E-state index in [0.29, 0.717) is 0 Å². The Bertz CT molecular complexity index is 400. The Morgan fingerprint density at radius 2 is 2.19 bits per heavy atom. The van der Waals surface area contributed by atoms with Crippen molar-refractivity contribution in [1.82, 2.24) is 9.78 Å². The number of aromatic nitrogens is 2. The van der Waals surface area contributed by atoms with E-state index in [-0.39, 0.29) is 0 Å². The molecule has 0 spiro atoms. The van der Waals surface area contributed by atoms with Gasteiger partial charge >= 0.3 is 12.1 Å². The van der Waals surface area contributed by atoms with Crippen LogP contribution in [-0.2, 0) is 11.8 Å². The fourth-order valence-corrected chi connectivity index (χ4v) is 1.14. The van der Waals surface area contributed by atoms with Gasteiger partial charge in [0.05, 0.1) is 7.11 Å². The van der Waals surface area contributed by atoms with E-state index in [9.17, 15) is 18.0 Å². The lowest BCUT2D eigenvalue weighted by Gasteiger charge is -2.13. The second-order valence-electron chi connectivity index (χ2n) is 3.04. The number of aryl methyl sites for hydroxylation is 1. The number of carbonyl (C=O) groups excluding carboxylic acids is 1. The molecule has 0 amide bonds. The zero-order chi connectivity index (χ0) is 12.5. The van der Waals surface area contributed by atoms with Crippen LogP contribution < -0.4 is 0 Å². The van der Waals surface area contributed by atoms with Crippen molar-refractivity contribution in [2.45, 2.75) is 12.3 Å². The number of hydrogen-bond acceptors (Lipinski definition) is 4. The second-order valence-corrected chi connectivity index (χ2v) is 3.04. The number of aliphatic hydroxyl groups is 1. The Morgan fingerprint density at radius 3 is 2.62 bits per heavy atom. The van der Waals surface area contributed by atoms with E-state index < -0.39 is 29.5 Å². The van der Waals surface area contributed by atoms with Gasteiger partial charge in [-0.05, 0) is 0 Å². The maximum Gasteiger partial charge on any atom is 0.418 e. The summed E-state index contributed by atoms with van der Waals surface area (Å²) in [4.78, 5) is 11.1. The largest absolute Gasteiger partial charge is 0.464 e. The topological polar surface area (TPSA) is 64.3 Å². The van der Waals surface area contributed by atoms with Crippen molar-refractivity contribution in [2.75, 3.05) is 7.11 Å². The first-order valence-corrected chi connectivity index (χ1v) is 4.14. The van der Waals surface area contributed by atoms with E-state index in [1.165, 1.54) is 7.05 Å². The van der Waals surface area contributed by atoms with Crippen molar-refractivity contribution in [1.29, 1.82) is 0 Å². The molecule has 5 nitrogen and oxygen atoms in total. The van der Waals surface area contributed by atoms with Crippen LogP contribution in [0.2, 0.25) is 0 Å². The molecule has 16 heavy (non-hydrogen) atoms. The molecule has 1 aromatic heterocycles. The average Bonchev–Trinajstić information content (AvgIpc) is 2.56. The lowest BCUT2D eigenvalue weighted by molar-refractivity contribution is -0.206. The SMILES string of the molecule is COC(=O)c1nn(C)cc1C(O)C(F)(F)F. The molecular formula is C8H9F3N2O3. The number of nitrogens with zero attached hydrogens (tertiary/aromatic N) is 2. The van der Waals surface area contributed by atoms with E-state index in [0.717, 1.165) is 18.0 Å². The van der Waals surface area contributed by atoms with Gasteiger partial charge < -0.3 is 9.84 Å². The molecule has 1 rings (SSSR count). The second kappa shape index (κ2) is 4.12. The molecule has 0 aliphatic carbocycles. The summed E-state index contributed by atoms with van der Waals surface area (Å²) in [6.07, 6.45) is -6.69. The fraction of sp³-hybridized carbons (Fsp3) is 0.500. The number of ether oxygens (including phenoxy) is 1. The number of aliphatic hydroxyl groups excluding tert-OH is 1. The van der Waals surface area contributed by atoms with Crippen LogP contribution in [0.25, 0.3) is 0 Å². The van der Waals surface area contributed by atoms with Crippen LogP contribution in [0.3, 0.4) is 0 Å². The Morgan fingerprint density at radius 1 is 1.62 bits per heavy atom. The van der Waals surface area contributed by atoms with Crippen molar-refractivity contribution in [2.24, 2.45) is 7.05 Å². The number of hydrogen-bond donors (Lipinski definition) is 1. The van der Waals surface area contributed by atoms with Crippen LogP contribution >= 0.6 is 0 Å². The normalized spacial score (nSPS) is 13.6.